The fourth-order valence-electron chi connectivity index (χ4n) is 4.87. The second-order valence-corrected chi connectivity index (χ2v) is 10.4. The number of fused-ring (bicyclic) bond motifs is 1. The largest absolute Gasteiger partial charge is 0.477 e. The van der Waals surface area contributed by atoms with Crippen molar-refractivity contribution < 1.29 is 23.2 Å². The maximum atomic E-state index is 15.5. The third-order valence-corrected chi connectivity index (χ3v) is 7.46. The van der Waals surface area contributed by atoms with Gasteiger partial charge in [-0.15, -0.1) is 5.10 Å². The number of ether oxygens (including phenoxy) is 2. The van der Waals surface area contributed by atoms with Crippen molar-refractivity contribution in [2.45, 2.75) is 65.5 Å². The van der Waals surface area contributed by atoms with Gasteiger partial charge in [0.15, 0.2) is 5.82 Å². The molecule has 3 N–H and O–H groups in total. The van der Waals surface area contributed by atoms with Gasteiger partial charge in [-0.1, -0.05) is 31.0 Å². The van der Waals surface area contributed by atoms with Gasteiger partial charge in [-0.05, 0) is 51.6 Å². The second kappa shape index (κ2) is 16.0. The van der Waals surface area contributed by atoms with Gasteiger partial charge in [0.1, 0.15) is 24.2 Å². The van der Waals surface area contributed by atoms with E-state index < -0.39 is 5.82 Å². The van der Waals surface area contributed by atoms with Gasteiger partial charge in [-0.2, -0.15) is 5.10 Å². The van der Waals surface area contributed by atoms with Gasteiger partial charge in [-0.3, -0.25) is 4.79 Å². The van der Waals surface area contributed by atoms with E-state index in [1.54, 1.807) is 26.3 Å². The summed E-state index contributed by atoms with van der Waals surface area (Å²) in [5, 5.41) is 16.7. The third kappa shape index (κ3) is 8.92. The van der Waals surface area contributed by atoms with E-state index in [1.165, 1.54) is 0 Å². The molecule has 1 saturated carbocycles. The number of rotatable bonds is 12. The molecule has 1 aliphatic rings. The Morgan fingerprint density at radius 1 is 1.29 bits per heavy atom. The predicted octanol–water partition coefficient (Wildman–Crippen LogP) is 4.93. The van der Waals surface area contributed by atoms with Crippen molar-refractivity contribution in [3.63, 3.8) is 0 Å². The molecule has 2 unspecified atom stereocenters. The average Bonchev–Trinajstić information content (AvgIpc) is 3.57. The number of carbonyl (C=O) groups is 1. The lowest BCUT2D eigenvalue weighted by Crippen LogP contribution is -2.30. The maximum Gasteiger partial charge on any atom is 0.207 e. The zero-order chi connectivity index (χ0) is 29.8. The first-order valence-electron chi connectivity index (χ1n) is 13.9. The molecule has 2 heterocycles. The van der Waals surface area contributed by atoms with Crippen LogP contribution in [0.4, 0.5) is 4.39 Å². The van der Waals surface area contributed by atoms with Gasteiger partial charge < -0.3 is 29.6 Å². The molecule has 4 rings (SSSR count). The lowest BCUT2D eigenvalue weighted by molar-refractivity contribution is -0.110. The quantitative estimate of drug-likeness (QED) is 0.0920. The normalized spacial score (nSPS) is 18.7. The summed E-state index contributed by atoms with van der Waals surface area (Å²) in [6, 6.07) is 2.93. The number of H-pyrrole nitrogens is 1. The lowest BCUT2D eigenvalue weighted by Gasteiger charge is -2.31. The standard InChI is InChI=1S/C24H35FN6O3.C5H7NO/c1-15-5-7-17(8-6-15)22(28-14-32)24-29-19-10-9-18(21(25)23(19)30-24)20(26-3)13-33-11-12-34-16(2)31-27-4;1-4-3-7-6-5(4)2/h9-10,14-15,17,20,22,26H,4-8,11-13H2,1-3H3,(H,28,32)(H,29,30);3H,1-2H3/b31-16-;. The highest BCUT2D eigenvalue weighted by atomic mass is 19.1. The molecule has 1 amide bonds. The van der Waals surface area contributed by atoms with Crippen LogP contribution in [0.3, 0.4) is 0 Å². The van der Waals surface area contributed by atoms with Crippen LogP contribution in [-0.2, 0) is 14.3 Å². The van der Waals surface area contributed by atoms with E-state index in [9.17, 15) is 4.79 Å². The van der Waals surface area contributed by atoms with Crippen LogP contribution in [0, 0.1) is 31.5 Å². The number of aromatic nitrogens is 3. The number of benzene rings is 1. The summed E-state index contributed by atoms with van der Waals surface area (Å²) in [6.45, 7) is 12.0. The molecule has 11 nitrogen and oxygen atoms in total. The predicted molar refractivity (Wildman–Crippen MR) is 156 cm³/mol. The van der Waals surface area contributed by atoms with Gasteiger partial charge >= 0.3 is 0 Å². The van der Waals surface area contributed by atoms with Crippen molar-refractivity contribution in [1.29, 1.82) is 0 Å². The molecule has 1 fully saturated rings. The number of hydrogen-bond acceptors (Lipinski definition) is 9. The molecule has 1 aliphatic carbocycles. The topological polar surface area (TPSA) is 139 Å². The number of carbonyl (C=O) groups excluding carboxylic acids is 1. The Balaban J connectivity index is 0.000000575. The summed E-state index contributed by atoms with van der Waals surface area (Å²) >= 11 is 0. The number of aromatic amines is 1. The van der Waals surface area contributed by atoms with Crippen LogP contribution in [0.1, 0.15) is 74.3 Å². The van der Waals surface area contributed by atoms with Crippen molar-refractivity contribution in [3.05, 3.63) is 46.9 Å². The summed E-state index contributed by atoms with van der Waals surface area (Å²) in [4.78, 5) is 19.1. The minimum absolute atomic E-state index is 0.255. The second-order valence-electron chi connectivity index (χ2n) is 10.4. The first kappa shape index (κ1) is 31.9. The molecule has 2 atom stereocenters. The molecule has 1 aromatic carbocycles. The Hall–Kier alpha value is -3.64. The summed E-state index contributed by atoms with van der Waals surface area (Å²) in [5.41, 5.74) is 3.42. The molecule has 0 saturated heterocycles. The minimum atomic E-state index is -0.402. The Morgan fingerprint density at radius 2 is 2.05 bits per heavy atom. The van der Waals surface area contributed by atoms with Crippen molar-refractivity contribution in [3.8, 4) is 0 Å². The number of nitrogens with zero attached hydrogens (tertiary/aromatic N) is 4. The molecule has 0 radical (unpaired) electrons. The van der Waals surface area contributed by atoms with Gasteiger partial charge in [0.05, 0.1) is 36.5 Å². The maximum absolute atomic E-state index is 15.5. The SMILES string of the molecule is C=N/N=C(/C)OCCOCC(NC)c1ccc2[nH]c(C(NC=O)C3CCC(C)CC3)nc2c1F.Cc1conc1C. The highest BCUT2D eigenvalue weighted by Gasteiger charge is 2.30. The van der Waals surface area contributed by atoms with Crippen LogP contribution < -0.4 is 10.6 Å². The van der Waals surface area contributed by atoms with Gasteiger partial charge in [0, 0.05) is 24.8 Å². The Kier molecular flexibility index (Phi) is 12.4. The van der Waals surface area contributed by atoms with Crippen LogP contribution in [0.5, 0.6) is 0 Å². The number of aryl methyl sites for hydroxylation is 2. The fraction of sp³-hybridized carbons (Fsp3) is 0.552. The van der Waals surface area contributed by atoms with Gasteiger partial charge in [0.2, 0.25) is 12.3 Å². The van der Waals surface area contributed by atoms with E-state index in [0.29, 0.717) is 48.3 Å². The molecule has 0 aliphatic heterocycles. The third-order valence-electron chi connectivity index (χ3n) is 7.46. The average molecular weight is 572 g/mol. The molecule has 0 spiro atoms. The Morgan fingerprint density at radius 3 is 2.63 bits per heavy atom. The number of likely N-dealkylation sites (N-methyl/N-ethyl adjacent to an activating group) is 1. The zero-order valence-electron chi connectivity index (χ0n) is 24.6. The number of hydrogen-bond donors (Lipinski definition) is 3. The van der Waals surface area contributed by atoms with Crippen LogP contribution in [0.25, 0.3) is 11.0 Å². The summed E-state index contributed by atoms with van der Waals surface area (Å²) in [6.07, 6.45) is 6.59. The summed E-state index contributed by atoms with van der Waals surface area (Å²) in [5.74, 6) is 1.57. The zero-order valence-corrected chi connectivity index (χ0v) is 24.6. The van der Waals surface area contributed by atoms with E-state index in [0.717, 1.165) is 36.9 Å². The van der Waals surface area contributed by atoms with Gasteiger partial charge in [0.25, 0.3) is 0 Å². The fourth-order valence-corrected chi connectivity index (χ4v) is 4.87. The Labute approximate surface area is 240 Å². The highest BCUT2D eigenvalue weighted by molar-refractivity contribution is 5.77. The van der Waals surface area contributed by atoms with Crippen LogP contribution in [0.15, 0.2) is 33.1 Å². The van der Waals surface area contributed by atoms with E-state index >= 15 is 4.39 Å². The Bertz CT molecular complexity index is 1270. The monoisotopic (exact) mass is 571 g/mol. The molecule has 0 bridgehead atoms. The molecular weight excluding hydrogens is 529 g/mol. The first-order chi connectivity index (χ1) is 19.8. The van der Waals surface area contributed by atoms with Crippen molar-refractivity contribution in [1.82, 2.24) is 25.8 Å². The van der Waals surface area contributed by atoms with E-state index in [-0.39, 0.29) is 30.1 Å². The lowest BCUT2D eigenvalue weighted by atomic mass is 9.79. The number of amides is 1. The summed E-state index contributed by atoms with van der Waals surface area (Å²) < 4.78 is 31.1. The van der Waals surface area contributed by atoms with E-state index in [1.807, 2.05) is 19.9 Å². The van der Waals surface area contributed by atoms with Crippen LogP contribution in [-0.4, -0.2) is 61.0 Å². The molecule has 12 heteroatoms. The molecule has 224 valence electrons. The summed E-state index contributed by atoms with van der Waals surface area (Å²) in [7, 11) is 1.75. The van der Waals surface area contributed by atoms with Crippen molar-refractivity contribution in [2.24, 2.45) is 22.0 Å². The molecule has 3 aromatic rings. The number of nitrogens with one attached hydrogen (secondary N) is 3. The number of imidazole rings is 1. The van der Waals surface area contributed by atoms with Gasteiger partial charge in [-0.25, -0.2) is 9.37 Å². The van der Waals surface area contributed by atoms with Crippen molar-refractivity contribution in [2.75, 3.05) is 26.9 Å². The van der Waals surface area contributed by atoms with Crippen LogP contribution >= 0.6 is 0 Å². The van der Waals surface area contributed by atoms with E-state index in [2.05, 4.69) is 54.1 Å². The first-order valence-corrected chi connectivity index (χ1v) is 13.9. The van der Waals surface area contributed by atoms with Crippen molar-refractivity contribution >= 4 is 30.1 Å². The molecule has 41 heavy (non-hydrogen) atoms. The molecular formula is C29H42FN7O4. The molecule has 2 aromatic heterocycles. The smallest absolute Gasteiger partial charge is 0.207 e. The number of halogens is 1. The van der Waals surface area contributed by atoms with E-state index in [4.69, 9.17) is 9.47 Å². The highest BCUT2D eigenvalue weighted by Crippen LogP contribution is 2.36. The van der Waals surface area contributed by atoms with Crippen LogP contribution in [0.2, 0.25) is 0 Å². The minimum Gasteiger partial charge on any atom is -0.477 e.